The first kappa shape index (κ1) is 15.9. The Morgan fingerprint density at radius 1 is 1.38 bits per heavy atom. The number of hydrogen-bond donors (Lipinski definition) is 2. The van der Waals surface area contributed by atoms with Gasteiger partial charge in [0.05, 0.1) is 17.7 Å². The Morgan fingerprint density at radius 2 is 2.14 bits per heavy atom. The van der Waals surface area contributed by atoms with Crippen LogP contribution in [-0.2, 0) is 0 Å². The highest BCUT2D eigenvalue weighted by Gasteiger charge is 2.24. The standard InChI is InChI=1S/C15H21ClN4O/c1-4-5-6-15(3,9-21)20-13-12-11(18-14(16)19-13)7-10(2)8-17-12/h7-8,21H,4-6,9H2,1-3H3,(H,18,19,20)/t15-/m1/s1. The van der Waals surface area contributed by atoms with E-state index in [1.807, 2.05) is 19.9 Å². The van der Waals surface area contributed by atoms with Crippen molar-refractivity contribution in [1.82, 2.24) is 15.0 Å². The van der Waals surface area contributed by atoms with E-state index in [2.05, 4.69) is 27.2 Å². The van der Waals surface area contributed by atoms with E-state index >= 15 is 0 Å². The normalized spacial score (nSPS) is 14.1. The van der Waals surface area contributed by atoms with E-state index in [1.54, 1.807) is 6.20 Å². The minimum atomic E-state index is -0.451. The molecule has 2 aromatic rings. The van der Waals surface area contributed by atoms with Gasteiger partial charge in [-0.05, 0) is 43.5 Å². The molecule has 2 N–H and O–H groups in total. The second-order valence-corrected chi connectivity index (χ2v) is 6.01. The maximum absolute atomic E-state index is 9.70. The van der Waals surface area contributed by atoms with Crippen LogP contribution in [0.2, 0.25) is 5.28 Å². The number of aliphatic hydroxyl groups is 1. The van der Waals surface area contributed by atoms with E-state index in [0.717, 1.165) is 24.8 Å². The first-order valence-corrected chi connectivity index (χ1v) is 7.54. The molecule has 0 aliphatic heterocycles. The number of aliphatic hydroxyl groups excluding tert-OH is 1. The average molecular weight is 309 g/mol. The lowest BCUT2D eigenvalue weighted by atomic mass is 9.96. The average Bonchev–Trinajstić information content (AvgIpc) is 2.44. The predicted octanol–water partition coefficient (Wildman–Crippen LogP) is 3.34. The molecule has 0 aliphatic carbocycles. The third-order valence-electron chi connectivity index (χ3n) is 3.50. The first-order chi connectivity index (χ1) is 9.97. The van der Waals surface area contributed by atoms with E-state index in [0.29, 0.717) is 16.9 Å². The van der Waals surface area contributed by atoms with Crippen LogP contribution in [0.25, 0.3) is 11.0 Å². The summed E-state index contributed by atoms with van der Waals surface area (Å²) in [6.45, 7) is 6.06. The number of pyridine rings is 1. The van der Waals surface area contributed by atoms with Gasteiger partial charge in [-0.2, -0.15) is 4.98 Å². The minimum Gasteiger partial charge on any atom is -0.394 e. The van der Waals surface area contributed by atoms with Gasteiger partial charge in [0.25, 0.3) is 0 Å². The van der Waals surface area contributed by atoms with Crippen LogP contribution in [0.1, 0.15) is 38.7 Å². The number of halogens is 1. The Morgan fingerprint density at radius 3 is 2.81 bits per heavy atom. The van der Waals surface area contributed by atoms with Gasteiger partial charge in [0.1, 0.15) is 5.52 Å². The number of fused-ring (bicyclic) bond motifs is 1. The van der Waals surface area contributed by atoms with Crippen LogP contribution < -0.4 is 5.32 Å². The molecule has 0 amide bonds. The van der Waals surface area contributed by atoms with Gasteiger partial charge in [-0.15, -0.1) is 0 Å². The smallest absolute Gasteiger partial charge is 0.225 e. The lowest BCUT2D eigenvalue weighted by molar-refractivity contribution is 0.212. The molecule has 2 rings (SSSR count). The van der Waals surface area contributed by atoms with E-state index in [1.165, 1.54) is 0 Å². The zero-order valence-electron chi connectivity index (χ0n) is 12.6. The molecule has 0 spiro atoms. The molecule has 0 radical (unpaired) electrons. The number of hydrogen-bond acceptors (Lipinski definition) is 5. The molecule has 21 heavy (non-hydrogen) atoms. The van der Waals surface area contributed by atoms with Gasteiger partial charge in [0.2, 0.25) is 5.28 Å². The lowest BCUT2D eigenvalue weighted by Gasteiger charge is -2.29. The number of aromatic nitrogens is 3. The Labute approximate surface area is 129 Å². The fraction of sp³-hybridized carbons (Fsp3) is 0.533. The van der Waals surface area contributed by atoms with Crippen LogP contribution in [0.15, 0.2) is 12.3 Å². The molecular weight excluding hydrogens is 288 g/mol. The highest BCUT2D eigenvalue weighted by Crippen LogP contribution is 2.25. The van der Waals surface area contributed by atoms with Gasteiger partial charge in [0.15, 0.2) is 5.82 Å². The third kappa shape index (κ3) is 3.80. The zero-order valence-corrected chi connectivity index (χ0v) is 13.4. The molecule has 0 fully saturated rings. The number of unbranched alkanes of at least 4 members (excludes halogenated alkanes) is 1. The maximum Gasteiger partial charge on any atom is 0.225 e. The molecule has 2 heterocycles. The Balaban J connectivity index is 2.41. The Bertz CT molecular complexity index is 629. The topological polar surface area (TPSA) is 70.9 Å². The predicted molar refractivity (Wildman–Crippen MR) is 85.7 cm³/mol. The number of anilines is 1. The highest BCUT2D eigenvalue weighted by atomic mass is 35.5. The van der Waals surface area contributed by atoms with Crippen LogP contribution in [0.3, 0.4) is 0 Å². The number of nitrogens with one attached hydrogen (secondary N) is 1. The molecule has 5 nitrogen and oxygen atoms in total. The summed E-state index contributed by atoms with van der Waals surface area (Å²) in [5.41, 5.74) is 1.93. The van der Waals surface area contributed by atoms with E-state index in [4.69, 9.17) is 11.6 Å². The Kier molecular flexibility index (Phi) is 4.96. The van der Waals surface area contributed by atoms with Crippen molar-refractivity contribution < 1.29 is 5.11 Å². The molecule has 0 aromatic carbocycles. The van der Waals surface area contributed by atoms with Crippen molar-refractivity contribution in [2.24, 2.45) is 0 Å². The van der Waals surface area contributed by atoms with Gasteiger partial charge in [-0.1, -0.05) is 19.8 Å². The molecule has 6 heteroatoms. The number of nitrogens with zero attached hydrogens (tertiary/aromatic N) is 3. The lowest BCUT2D eigenvalue weighted by Crippen LogP contribution is -2.39. The van der Waals surface area contributed by atoms with Gasteiger partial charge in [-0.25, -0.2) is 4.98 Å². The molecule has 2 aromatic heterocycles. The first-order valence-electron chi connectivity index (χ1n) is 7.16. The summed E-state index contributed by atoms with van der Waals surface area (Å²) in [5.74, 6) is 0.567. The summed E-state index contributed by atoms with van der Waals surface area (Å²) < 4.78 is 0. The van der Waals surface area contributed by atoms with E-state index in [9.17, 15) is 5.11 Å². The highest BCUT2D eigenvalue weighted by molar-refractivity contribution is 6.28. The van der Waals surface area contributed by atoms with Crippen molar-refractivity contribution in [1.29, 1.82) is 0 Å². The fourth-order valence-corrected chi connectivity index (χ4v) is 2.39. The summed E-state index contributed by atoms with van der Waals surface area (Å²) in [7, 11) is 0. The molecule has 0 saturated heterocycles. The molecule has 0 unspecified atom stereocenters. The molecule has 0 saturated carbocycles. The number of aryl methyl sites for hydroxylation is 1. The zero-order chi connectivity index (χ0) is 15.5. The SMILES string of the molecule is CCCC[C@](C)(CO)Nc1nc(Cl)nc2cc(C)cnc12. The second kappa shape index (κ2) is 6.54. The molecule has 114 valence electrons. The van der Waals surface area contributed by atoms with Crippen molar-refractivity contribution in [3.05, 3.63) is 23.1 Å². The monoisotopic (exact) mass is 308 g/mol. The van der Waals surface area contributed by atoms with Crippen LogP contribution in [-0.4, -0.2) is 32.2 Å². The minimum absolute atomic E-state index is 0.0158. The van der Waals surface area contributed by atoms with Crippen LogP contribution in [0.5, 0.6) is 0 Å². The van der Waals surface area contributed by atoms with E-state index < -0.39 is 5.54 Å². The largest absolute Gasteiger partial charge is 0.394 e. The molecule has 0 aliphatic rings. The van der Waals surface area contributed by atoms with Crippen molar-refractivity contribution >= 4 is 28.5 Å². The van der Waals surface area contributed by atoms with Crippen LogP contribution in [0, 0.1) is 6.92 Å². The number of rotatable bonds is 6. The summed E-state index contributed by atoms with van der Waals surface area (Å²) in [5, 5.41) is 13.2. The van der Waals surface area contributed by atoms with Crippen molar-refractivity contribution in [2.45, 2.75) is 45.6 Å². The Hall–Kier alpha value is -1.46. The summed E-state index contributed by atoms with van der Waals surface area (Å²) in [6.07, 6.45) is 4.70. The third-order valence-corrected chi connectivity index (χ3v) is 3.67. The second-order valence-electron chi connectivity index (χ2n) is 5.67. The van der Waals surface area contributed by atoms with Gasteiger partial charge < -0.3 is 10.4 Å². The molecular formula is C15H21ClN4O. The van der Waals surface area contributed by atoms with Crippen LogP contribution in [0.4, 0.5) is 5.82 Å². The quantitative estimate of drug-likeness (QED) is 0.801. The van der Waals surface area contributed by atoms with Crippen molar-refractivity contribution in [2.75, 3.05) is 11.9 Å². The van der Waals surface area contributed by atoms with Gasteiger partial charge in [-0.3, -0.25) is 4.98 Å². The van der Waals surface area contributed by atoms with Crippen molar-refractivity contribution in [3.8, 4) is 0 Å². The summed E-state index contributed by atoms with van der Waals surface area (Å²) in [4.78, 5) is 12.8. The van der Waals surface area contributed by atoms with E-state index in [-0.39, 0.29) is 11.9 Å². The molecule has 0 bridgehead atoms. The van der Waals surface area contributed by atoms with Crippen molar-refractivity contribution in [3.63, 3.8) is 0 Å². The summed E-state index contributed by atoms with van der Waals surface area (Å²) in [6, 6.07) is 1.92. The maximum atomic E-state index is 9.70. The fourth-order valence-electron chi connectivity index (χ4n) is 2.21. The molecule has 1 atom stereocenters. The van der Waals surface area contributed by atoms with Gasteiger partial charge in [0, 0.05) is 6.20 Å². The summed E-state index contributed by atoms with van der Waals surface area (Å²) >= 11 is 6.00. The van der Waals surface area contributed by atoms with Crippen LogP contribution >= 0.6 is 11.6 Å². The van der Waals surface area contributed by atoms with Gasteiger partial charge >= 0.3 is 0 Å².